The minimum absolute atomic E-state index is 0.189. The molecule has 0 aliphatic carbocycles. The lowest BCUT2D eigenvalue weighted by Gasteiger charge is -2.18. The topological polar surface area (TPSA) is 60.2 Å². The van der Waals surface area contributed by atoms with Gasteiger partial charge in [-0.25, -0.2) is 8.42 Å². The molecule has 0 saturated heterocycles. The van der Waals surface area contributed by atoms with Gasteiger partial charge in [-0.2, -0.15) is 0 Å². The molecule has 3 nitrogen and oxygen atoms in total. The zero-order valence-electron chi connectivity index (χ0n) is 8.29. The SMILES string of the molecule is CC(C)S(=O)(=O)CCC(C)(C)N. The smallest absolute Gasteiger partial charge is 0.152 e. The van der Waals surface area contributed by atoms with Crippen molar-refractivity contribution in [1.29, 1.82) is 0 Å². The molecule has 0 rings (SSSR count). The predicted octanol–water partition coefficient (Wildman–Crippen LogP) is 0.937. The Labute approximate surface area is 75.3 Å². The molecule has 0 saturated carbocycles. The monoisotopic (exact) mass is 193 g/mol. The zero-order chi connectivity index (χ0) is 9.99. The quantitative estimate of drug-likeness (QED) is 0.722. The number of hydrogen-bond acceptors (Lipinski definition) is 3. The van der Waals surface area contributed by atoms with Gasteiger partial charge in [-0.1, -0.05) is 0 Å². The lowest BCUT2D eigenvalue weighted by atomic mass is 10.0. The van der Waals surface area contributed by atoms with Gasteiger partial charge in [0.25, 0.3) is 0 Å². The lowest BCUT2D eigenvalue weighted by Crippen LogP contribution is -2.35. The molecule has 0 radical (unpaired) electrons. The van der Waals surface area contributed by atoms with Crippen LogP contribution in [0.15, 0.2) is 0 Å². The van der Waals surface area contributed by atoms with Crippen LogP contribution in [0.3, 0.4) is 0 Å². The highest BCUT2D eigenvalue weighted by molar-refractivity contribution is 7.91. The zero-order valence-corrected chi connectivity index (χ0v) is 9.11. The maximum Gasteiger partial charge on any atom is 0.152 e. The first kappa shape index (κ1) is 11.9. The van der Waals surface area contributed by atoms with Gasteiger partial charge in [-0.15, -0.1) is 0 Å². The normalized spacial score (nSPS) is 13.8. The summed E-state index contributed by atoms with van der Waals surface area (Å²) in [5.74, 6) is 0.189. The molecule has 4 heteroatoms. The standard InChI is InChI=1S/C8H19NO2S/c1-7(2)12(10,11)6-5-8(3,4)9/h7H,5-6,9H2,1-4H3. The molecule has 0 atom stereocenters. The third kappa shape index (κ3) is 4.72. The third-order valence-electron chi connectivity index (χ3n) is 1.75. The summed E-state index contributed by atoms with van der Waals surface area (Å²) in [7, 11) is -2.91. The molecule has 2 N–H and O–H groups in total. The summed E-state index contributed by atoms with van der Waals surface area (Å²) in [5, 5.41) is -0.292. The highest BCUT2D eigenvalue weighted by Crippen LogP contribution is 2.09. The molecule has 0 heterocycles. The molecular formula is C8H19NO2S. The van der Waals surface area contributed by atoms with Crippen molar-refractivity contribution < 1.29 is 8.42 Å². The first-order chi connectivity index (χ1) is 5.15. The molecule has 0 unspecified atom stereocenters. The molecule has 0 aliphatic heterocycles. The van der Waals surface area contributed by atoms with Gasteiger partial charge in [0.1, 0.15) is 0 Å². The molecule has 0 aromatic rings. The van der Waals surface area contributed by atoms with Crippen LogP contribution < -0.4 is 5.73 Å². The average molecular weight is 193 g/mol. The van der Waals surface area contributed by atoms with Crippen molar-refractivity contribution in [3.05, 3.63) is 0 Å². The van der Waals surface area contributed by atoms with Crippen molar-refractivity contribution in [2.24, 2.45) is 5.73 Å². The van der Waals surface area contributed by atoms with Gasteiger partial charge >= 0.3 is 0 Å². The fourth-order valence-electron chi connectivity index (χ4n) is 0.641. The summed E-state index contributed by atoms with van der Waals surface area (Å²) in [4.78, 5) is 0. The summed E-state index contributed by atoms with van der Waals surface area (Å²) in [6, 6.07) is 0. The number of hydrogen-bond donors (Lipinski definition) is 1. The van der Waals surface area contributed by atoms with Crippen LogP contribution in [-0.2, 0) is 9.84 Å². The Bertz CT molecular complexity index is 224. The molecule has 0 aliphatic rings. The van der Waals surface area contributed by atoms with Crippen molar-refractivity contribution in [1.82, 2.24) is 0 Å². The number of nitrogens with two attached hydrogens (primary N) is 1. The Morgan fingerprint density at radius 2 is 1.75 bits per heavy atom. The highest BCUT2D eigenvalue weighted by Gasteiger charge is 2.20. The first-order valence-electron chi connectivity index (χ1n) is 4.15. The summed E-state index contributed by atoms with van der Waals surface area (Å²) < 4.78 is 22.6. The number of sulfone groups is 1. The van der Waals surface area contributed by atoms with E-state index in [9.17, 15) is 8.42 Å². The van der Waals surface area contributed by atoms with E-state index in [1.165, 1.54) is 0 Å². The Balaban J connectivity index is 4.12. The van der Waals surface area contributed by atoms with E-state index < -0.39 is 9.84 Å². The van der Waals surface area contributed by atoms with E-state index >= 15 is 0 Å². The van der Waals surface area contributed by atoms with Crippen LogP contribution in [0.1, 0.15) is 34.1 Å². The van der Waals surface area contributed by atoms with Gasteiger partial charge < -0.3 is 5.73 Å². The van der Waals surface area contributed by atoms with E-state index in [0.29, 0.717) is 6.42 Å². The molecule has 0 bridgehead atoms. The fourth-order valence-corrected chi connectivity index (χ4v) is 1.92. The summed E-state index contributed by atoms with van der Waals surface area (Å²) in [6.45, 7) is 7.06. The predicted molar refractivity (Wildman–Crippen MR) is 51.8 cm³/mol. The molecule has 12 heavy (non-hydrogen) atoms. The summed E-state index contributed by atoms with van der Waals surface area (Å²) in [6.07, 6.45) is 0.521. The van der Waals surface area contributed by atoms with Crippen LogP contribution >= 0.6 is 0 Å². The lowest BCUT2D eigenvalue weighted by molar-refractivity contribution is 0.494. The van der Waals surface area contributed by atoms with Crippen molar-refractivity contribution >= 4 is 9.84 Å². The van der Waals surface area contributed by atoms with E-state index in [4.69, 9.17) is 5.73 Å². The Hall–Kier alpha value is -0.0900. The average Bonchev–Trinajstić information content (AvgIpc) is 1.82. The largest absolute Gasteiger partial charge is 0.326 e. The maximum absolute atomic E-state index is 11.3. The third-order valence-corrected chi connectivity index (χ3v) is 3.96. The Morgan fingerprint density at radius 3 is 2.00 bits per heavy atom. The van der Waals surface area contributed by atoms with Gasteiger partial charge in [0, 0.05) is 5.54 Å². The Kier molecular flexibility index (Phi) is 3.72. The van der Waals surface area contributed by atoms with Gasteiger partial charge in [0.2, 0.25) is 0 Å². The number of rotatable bonds is 4. The van der Waals surface area contributed by atoms with Crippen LogP contribution in [-0.4, -0.2) is 25.0 Å². The van der Waals surface area contributed by atoms with Gasteiger partial charge in [-0.05, 0) is 34.1 Å². The van der Waals surface area contributed by atoms with Crippen LogP contribution in [0, 0.1) is 0 Å². The second-order valence-electron chi connectivity index (χ2n) is 4.15. The van der Waals surface area contributed by atoms with E-state index in [2.05, 4.69) is 0 Å². The summed E-state index contributed by atoms with van der Waals surface area (Å²) >= 11 is 0. The van der Waals surface area contributed by atoms with E-state index in [1.807, 2.05) is 13.8 Å². The molecule has 0 spiro atoms. The van der Waals surface area contributed by atoms with Crippen LogP contribution in [0.2, 0.25) is 0 Å². The summed E-state index contributed by atoms with van der Waals surface area (Å²) in [5.41, 5.74) is 5.29. The van der Waals surface area contributed by atoms with E-state index in [-0.39, 0.29) is 16.5 Å². The van der Waals surface area contributed by atoms with Gasteiger partial charge in [-0.3, -0.25) is 0 Å². The molecule has 0 fully saturated rings. The first-order valence-corrected chi connectivity index (χ1v) is 5.87. The molecular weight excluding hydrogens is 174 g/mol. The molecule has 74 valence electrons. The molecule has 0 amide bonds. The molecule has 0 aromatic heterocycles. The van der Waals surface area contributed by atoms with Crippen molar-refractivity contribution in [3.63, 3.8) is 0 Å². The minimum Gasteiger partial charge on any atom is -0.326 e. The minimum atomic E-state index is -2.91. The fraction of sp³-hybridized carbons (Fsp3) is 1.00. The van der Waals surface area contributed by atoms with Crippen molar-refractivity contribution in [2.75, 3.05) is 5.75 Å². The van der Waals surface area contributed by atoms with E-state index in [0.717, 1.165) is 0 Å². The Morgan fingerprint density at radius 1 is 1.33 bits per heavy atom. The van der Waals surface area contributed by atoms with Crippen molar-refractivity contribution in [3.8, 4) is 0 Å². The van der Waals surface area contributed by atoms with Gasteiger partial charge in [0.15, 0.2) is 9.84 Å². The van der Waals surface area contributed by atoms with E-state index in [1.54, 1.807) is 13.8 Å². The maximum atomic E-state index is 11.3. The van der Waals surface area contributed by atoms with Gasteiger partial charge in [0.05, 0.1) is 11.0 Å². The van der Waals surface area contributed by atoms with Crippen LogP contribution in [0.5, 0.6) is 0 Å². The second-order valence-corrected chi connectivity index (χ2v) is 6.83. The second kappa shape index (κ2) is 3.75. The van der Waals surface area contributed by atoms with Crippen LogP contribution in [0.25, 0.3) is 0 Å². The molecule has 0 aromatic carbocycles. The van der Waals surface area contributed by atoms with Crippen LogP contribution in [0.4, 0.5) is 0 Å². The van der Waals surface area contributed by atoms with Crippen molar-refractivity contribution in [2.45, 2.75) is 44.9 Å². The highest BCUT2D eigenvalue weighted by atomic mass is 32.2.